The molecule has 0 aliphatic carbocycles. The number of hydrogen-bond acceptors (Lipinski definition) is 6. The van der Waals surface area contributed by atoms with Crippen LogP contribution in [0.2, 0.25) is 0 Å². The summed E-state index contributed by atoms with van der Waals surface area (Å²) in [6.45, 7) is 6.61. The van der Waals surface area contributed by atoms with Gasteiger partial charge in [-0.25, -0.2) is 8.42 Å². The fourth-order valence-corrected chi connectivity index (χ4v) is 4.92. The van der Waals surface area contributed by atoms with E-state index in [1.807, 2.05) is 27.8 Å². The zero-order valence-electron chi connectivity index (χ0n) is 19.5. The fourth-order valence-electron chi connectivity index (χ4n) is 3.87. The van der Waals surface area contributed by atoms with E-state index in [4.69, 9.17) is 4.74 Å². The number of hydrogen-bond donors (Lipinski definition) is 3. The number of benzene rings is 2. The van der Waals surface area contributed by atoms with Gasteiger partial charge in [0.25, 0.3) is 10.0 Å². The maximum absolute atomic E-state index is 13.1. The Labute approximate surface area is 196 Å². The summed E-state index contributed by atoms with van der Waals surface area (Å²) in [7, 11) is -1.94. The molecule has 2 aromatic carbocycles. The number of amides is 1. The minimum atomic E-state index is -3.78. The van der Waals surface area contributed by atoms with Gasteiger partial charge in [0.2, 0.25) is 5.91 Å². The summed E-state index contributed by atoms with van der Waals surface area (Å²) in [4.78, 5) is 15.0. The lowest BCUT2D eigenvalue weighted by Crippen LogP contribution is -2.47. The third kappa shape index (κ3) is 6.04. The van der Waals surface area contributed by atoms with Crippen molar-refractivity contribution in [3.63, 3.8) is 0 Å². The monoisotopic (exact) mass is 475 g/mol. The molecule has 3 rings (SSSR count). The van der Waals surface area contributed by atoms with Crippen LogP contribution in [-0.2, 0) is 21.2 Å². The van der Waals surface area contributed by atoms with Crippen LogP contribution in [-0.4, -0.2) is 63.2 Å². The van der Waals surface area contributed by atoms with Gasteiger partial charge in [-0.2, -0.15) is 0 Å². The smallest absolute Gasteiger partial charge is 0.261 e. The van der Waals surface area contributed by atoms with E-state index in [2.05, 4.69) is 10.0 Å². The van der Waals surface area contributed by atoms with Crippen LogP contribution in [0, 0.1) is 12.8 Å². The predicted octanol–water partition coefficient (Wildman–Crippen LogP) is 2.16. The maximum atomic E-state index is 13.1. The first kappa shape index (κ1) is 25.0. The van der Waals surface area contributed by atoms with Crippen molar-refractivity contribution >= 4 is 21.6 Å². The van der Waals surface area contributed by atoms with Crippen LogP contribution in [0.15, 0.2) is 47.4 Å². The van der Waals surface area contributed by atoms with Gasteiger partial charge in [-0.05, 0) is 51.2 Å². The summed E-state index contributed by atoms with van der Waals surface area (Å²) in [5.41, 5.74) is 1.91. The SMILES string of the molecule is CNC[C@H]1Oc2ccc(NS(=O)(=O)c3ccc(C)cc3)cc2CC(=O)N([C@H](C)CO)C[C@H]1C. The Morgan fingerprint density at radius 3 is 2.55 bits per heavy atom. The number of sulfonamides is 1. The van der Waals surface area contributed by atoms with Gasteiger partial charge >= 0.3 is 0 Å². The highest BCUT2D eigenvalue weighted by Crippen LogP contribution is 2.29. The van der Waals surface area contributed by atoms with E-state index in [9.17, 15) is 18.3 Å². The minimum Gasteiger partial charge on any atom is -0.488 e. The molecule has 0 saturated carbocycles. The van der Waals surface area contributed by atoms with Gasteiger partial charge in [-0.1, -0.05) is 24.6 Å². The number of anilines is 1. The Balaban J connectivity index is 1.95. The molecule has 0 bridgehead atoms. The third-order valence-electron chi connectivity index (χ3n) is 5.91. The molecule has 2 aromatic rings. The molecule has 0 aromatic heterocycles. The molecule has 1 aliphatic heterocycles. The highest BCUT2D eigenvalue weighted by Gasteiger charge is 2.30. The highest BCUT2D eigenvalue weighted by atomic mass is 32.2. The van der Waals surface area contributed by atoms with Crippen molar-refractivity contribution in [1.29, 1.82) is 0 Å². The molecular formula is C24H33N3O5S. The lowest BCUT2D eigenvalue weighted by molar-refractivity contribution is -0.134. The van der Waals surface area contributed by atoms with Crippen LogP contribution in [0.4, 0.5) is 5.69 Å². The van der Waals surface area contributed by atoms with E-state index in [0.717, 1.165) is 5.56 Å². The number of aryl methyl sites for hydroxylation is 1. The van der Waals surface area contributed by atoms with Crippen molar-refractivity contribution in [2.75, 3.05) is 31.5 Å². The van der Waals surface area contributed by atoms with Gasteiger partial charge in [-0.3, -0.25) is 9.52 Å². The van der Waals surface area contributed by atoms with Gasteiger partial charge in [-0.15, -0.1) is 0 Å². The van der Waals surface area contributed by atoms with Crippen LogP contribution in [0.3, 0.4) is 0 Å². The maximum Gasteiger partial charge on any atom is 0.261 e. The van der Waals surface area contributed by atoms with Gasteiger partial charge in [0, 0.05) is 30.3 Å². The second kappa shape index (κ2) is 10.5. The van der Waals surface area contributed by atoms with Crippen LogP contribution in [0.5, 0.6) is 5.75 Å². The van der Waals surface area contributed by atoms with E-state index in [1.165, 1.54) is 0 Å². The topological polar surface area (TPSA) is 108 Å². The molecular weight excluding hydrogens is 442 g/mol. The van der Waals surface area contributed by atoms with Gasteiger partial charge in [0.05, 0.1) is 24.0 Å². The zero-order valence-corrected chi connectivity index (χ0v) is 20.4. The number of fused-ring (bicyclic) bond motifs is 1. The Morgan fingerprint density at radius 2 is 1.91 bits per heavy atom. The Hall–Kier alpha value is -2.62. The Bertz CT molecular complexity index is 1070. The predicted molar refractivity (Wildman–Crippen MR) is 128 cm³/mol. The second-order valence-corrected chi connectivity index (χ2v) is 10.4. The second-order valence-electron chi connectivity index (χ2n) is 8.69. The summed E-state index contributed by atoms with van der Waals surface area (Å²) in [5, 5.41) is 12.8. The molecule has 3 atom stereocenters. The van der Waals surface area contributed by atoms with Gasteiger partial charge in [0.1, 0.15) is 11.9 Å². The number of likely N-dealkylation sites (N-methyl/N-ethyl adjacent to an activating group) is 1. The molecule has 180 valence electrons. The van der Waals surface area contributed by atoms with Crippen molar-refractivity contribution in [3.05, 3.63) is 53.6 Å². The fraction of sp³-hybridized carbons (Fsp3) is 0.458. The van der Waals surface area contributed by atoms with Crippen LogP contribution in [0.1, 0.15) is 25.0 Å². The first-order valence-corrected chi connectivity index (χ1v) is 12.6. The van der Waals surface area contributed by atoms with Gasteiger partial charge < -0.3 is 20.1 Å². The molecule has 0 unspecified atom stereocenters. The molecule has 9 heteroatoms. The van der Waals surface area contributed by atoms with Crippen LogP contribution >= 0.6 is 0 Å². The molecule has 0 saturated heterocycles. The molecule has 0 fully saturated rings. The number of nitrogens with one attached hydrogen (secondary N) is 2. The molecule has 1 aliphatic rings. The summed E-state index contributed by atoms with van der Waals surface area (Å²) in [6.07, 6.45) is -0.165. The number of ether oxygens (including phenoxy) is 1. The molecule has 0 radical (unpaired) electrons. The molecule has 3 N–H and O–H groups in total. The lowest BCUT2D eigenvalue weighted by Gasteiger charge is -2.32. The van der Waals surface area contributed by atoms with Crippen molar-refractivity contribution in [2.45, 2.75) is 44.2 Å². The largest absolute Gasteiger partial charge is 0.488 e. The average molecular weight is 476 g/mol. The van der Waals surface area contributed by atoms with Crippen LogP contribution in [0.25, 0.3) is 0 Å². The van der Waals surface area contributed by atoms with Crippen molar-refractivity contribution < 1.29 is 23.1 Å². The number of rotatable bonds is 7. The van der Waals surface area contributed by atoms with Crippen molar-refractivity contribution in [3.8, 4) is 5.75 Å². The normalized spacial score (nSPS) is 20.2. The Kier molecular flexibility index (Phi) is 7.99. The zero-order chi connectivity index (χ0) is 24.2. The average Bonchev–Trinajstić information content (AvgIpc) is 2.81. The Morgan fingerprint density at radius 1 is 1.21 bits per heavy atom. The molecule has 33 heavy (non-hydrogen) atoms. The number of aliphatic hydroxyl groups excluding tert-OH is 1. The summed E-state index contributed by atoms with van der Waals surface area (Å²) < 4.78 is 34.5. The molecule has 0 spiro atoms. The van der Waals surface area contributed by atoms with E-state index in [1.54, 1.807) is 47.4 Å². The number of carbonyl (C=O) groups is 1. The van der Waals surface area contributed by atoms with E-state index < -0.39 is 10.0 Å². The first-order valence-electron chi connectivity index (χ1n) is 11.1. The van der Waals surface area contributed by atoms with E-state index in [0.29, 0.717) is 30.1 Å². The lowest BCUT2D eigenvalue weighted by atomic mass is 10.0. The summed E-state index contributed by atoms with van der Waals surface area (Å²) >= 11 is 0. The van der Waals surface area contributed by atoms with Crippen LogP contribution < -0.4 is 14.8 Å². The summed E-state index contributed by atoms with van der Waals surface area (Å²) in [6, 6.07) is 11.3. The minimum absolute atomic E-state index is 0.0149. The highest BCUT2D eigenvalue weighted by molar-refractivity contribution is 7.92. The number of aliphatic hydroxyl groups is 1. The van der Waals surface area contributed by atoms with Crippen molar-refractivity contribution in [2.24, 2.45) is 5.92 Å². The third-order valence-corrected chi connectivity index (χ3v) is 7.30. The molecule has 1 amide bonds. The van der Waals surface area contributed by atoms with Gasteiger partial charge in [0.15, 0.2) is 0 Å². The standard InChI is InChI=1S/C24H33N3O5S/c1-16-5-8-21(9-6-16)33(30,31)26-20-7-10-22-19(11-20)12-24(29)27(18(3)15-28)14-17(2)23(32-22)13-25-4/h5-11,17-18,23,25-26,28H,12-15H2,1-4H3/t17-,18-,23-/m1/s1. The summed E-state index contributed by atoms with van der Waals surface area (Å²) in [5.74, 6) is 0.421. The first-order chi connectivity index (χ1) is 15.6. The quantitative estimate of drug-likeness (QED) is 0.567. The molecule has 1 heterocycles. The number of carbonyl (C=O) groups excluding carboxylic acids is 1. The molecule has 8 nitrogen and oxygen atoms in total. The van der Waals surface area contributed by atoms with E-state index >= 15 is 0 Å². The van der Waals surface area contributed by atoms with E-state index in [-0.39, 0.29) is 41.9 Å². The number of nitrogens with zero attached hydrogens (tertiary/aromatic N) is 1. The van der Waals surface area contributed by atoms with Crippen molar-refractivity contribution in [1.82, 2.24) is 10.2 Å².